The molecule has 0 radical (unpaired) electrons. The first-order valence-corrected chi connectivity index (χ1v) is 7.73. The van der Waals surface area contributed by atoms with Crippen molar-refractivity contribution in [1.82, 2.24) is 0 Å². The summed E-state index contributed by atoms with van der Waals surface area (Å²) in [5, 5.41) is 13.0. The van der Waals surface area contributed by atoms with E-state index in [1.807, 2.05) is 24.3 Å². The molecule has 0 saturated carbocycles. The second-order valence-corrected chi connectivity index (χ2v) is 5.66. The molecular formula is C19H15ClFNO2. The summed E-state index contributed by atoms with van der Waals surface area (Å²) < 4.78 is 19.1. The third-order valence-electron chi connectivity index (χ3n) is 3.39. The highest BCUT2D eigenvalue weighted by Gasteiger charge is 2.03. The summed E-state index contributed by atoms with van der Waals surface area (Å²) in [5.74, 6) is 0.386. The minimum absolute atomic E-state index is 0.362. The Labute approximate surface area is 144 Å². The summed E-state index contributed by atoms with van der Waals surface area (Å²) >= 11 is 5.85. The Kier molecular flexibility index (Phi) is 4.87. The zero-order valence-electron chi connectivity index (χ0n) is 12.7. The summed E-state index contributed by atoms with van der Waals surface area (Å²) in [6.45, 7) is 0.502. The molecule has 5 heteroatoms. The van der Waals surface area contributed by atoms with Crippen molar-refractivity contribution in [2.75, 3.05) is 5.32 Å². The molecule has 0 aromatic heterocycles. The first kappa shape index (κ1) is 16.1. The lowest BCUT2D eigenvalue weighted by molar-refractivity contribution is 0.432. The Bertz CT molecular complexity index is 837. The molecule has 3 aromatic rings. The van der Waals surface area contributed by atoms with E-state index in [4.69, 9.17) is 16.3 Å². The minimum atomic E-state index is -0.653. The van der Waals surface area contributed by atoms with Crippen LogP contribution in [-0.4, -0.2) is 5.11 Å². The fraction of sp³-hybridized carbons (Fsp3) is 0.0526. The Morgan fingerprint density at radius 1 is 0.958 bits per heavy atom. The quantitative estimate of drug-likeness (QED) is 0.593. The predicted molar refractivity (Wildman–Crippen MR) is 93.4 cm³/mol. The maximum Gasteiger partial charge on any atom is 0.166 e. The highest BCUT2D eigenvalue weighted by Crippen LogP contribution is 2.24. The number of aromatic hydroxyl groups is 1. The summed E-state index contributed by atoms with van der Waals surface area (Å²) in [4.78, 5) is 0. The smallest absolute Gasteiger partial charge is 0.166 e. The van der Waals surface area contributed by atoms with Crippen LogP contribution in [0.5, 0.6) is 17.2 Å². The van der Waals surface area contributed by atoms with Gasteiger partial charge >= 0.3 is 0 Å². The summed E-state index contributed by atoms with van der Waals surface area (Å²) in [7, 11) is 0. The lowest BCUT2D eigenvalue weighted by Crippen LogP contribution is -2.00. The van der Waals surface area contributed by atoms with Crippen molar-refractivity contribution >= 4 is 17.3 Å². The van der Waals surface area contributed by atoms with Crippen LogP contribution in [0, 0.1) is 5.82 Å². The normalized spacial score (nSPS) is 10.4. The van der Waals surface area contributed by atoms with Gasteiger partial charge in [-0.15, -0.1) is 0 Å². The number of anilines is 1. The summed E-state index contributed by atoms with van der Waals surface area (Å²) in [5.41, 5.74) is 1.57. The van der Waals surface area contributed by atoms with Gasteiger partial charge in [0.25, 0.3) is 0 Å². The molecule has 0 heterocycles. The highest BCUT2D eigenvalue weighted by atomic mass is 35.5. The number of phenols is 1. The van der Waals surface area contributed by atoms with E-state index in [2.05, 4.69) is 5.32 Å². The minimum Gasteiger partial charge on any atom is -0.505 e. The zero-order valence-corrected chi connectivity index (χ0v) is 13.4. The van der Waals surface area contributed by atoms with Crippen LogP contribution in [0.3, 0.4) is 0 Å². The van der Waals surface area contributed by atoms with Crippen LogP contribution in [0.1, 0.15) is 5.56 Å². The van der Waals surface area contributed by atoms with E-state index >= 15 is 0 Å². The van der Waals surface area contributed by atoms with E-state index in [1.165, 1.54) is 12.1 Å². The molecule has 0 aliphatic carbocycles. The first-order valence-electron chi connectivity index (χ1n) is 7.35. The van der Waals surface area contributed by atoms with Gasteiger partial charge < -0.3 is 15.2 Å². The number of phenolic OH excluding ortho intramolecular Hbond substituents is 1. The standard InChI is InChI=1S/C19H15ClFNO2/c20-14-4-7-16(8-5-14)24-17-3-1-2-13(10-17)12-22-15-6-9-19(23)18(21)11-15/h1-11,22-23H,12H2. The summed E-state index contributed by atoms with van der Waals surface area (Å²) in [6, 6.07) is 18.9. The van der Waals surface area contributed by atoms with Crippen molar-refractivity contribution in [1.29, 1.82) is 0 Å². The Hall–Kier alpha value is -2.72. The summed E-state index contributed by atoms with van der Waals surface area (Å²) in [6.07, 6.45) is 0. The van der Waals surface area contributed by atoms with E-state index in [1.54, 1.807) is 30.3 Å². The Morgan fingerprint density at radius 2 is 1.75 bits per heavy atom. The molecule has 0 spiro atoms. The maximum atomic E-state index is 13.3. The Balaban J connectivity index is 1.66. The molecule has 0 amide bonds. The topological polar surface area (TPSA) is 41.5 Å². The number of hydrogen-bond acceptors (Lipinski definition) is 3. The average molecular weight is 344 g/mol. The molecular weight excluding hydrogens is 329 g/mol. The fourth-order valence-electron chi connectivity index (χ4n) is 2.18. The van der Waals surface area contributed by atoms with Crippen molar-refractivity contribution in [3.63, 3.8) is 0 Å². The second-order valence-electron chi connectivity index (χ2n) is 5.22. The van der Waals surface area contributed by atoms with Gasteiger partial charge in [0.1, 0.15) is 11.5 Å². The van der Waals surface area contributed by atoms with Crippen LogP contribution in [-0.2, 0) is 6.54 Å². The lowest BCUT2D eigenvalue weighted by atomic mass is 10.2. The zero-order chi connectivity index (χ0) is 16.9. The van der Waals surface area contributed by atoms with Crippen LogP contribution >= 0.6 is 11.6 Å². The van der Waals surface area contributed by atoms with E-state index in [0.29, 0.717) is 28.8 Å². The van der Waals surface area contributed by atoms with Gasteiger partial charge in [0.05, 0.1) is 0 Å². The largest absolute Gasteiger partial charge is 0.505 e. The number of hydrogen-bond donors (Lipinski definition) is 2. The molecule has 3 nitrogen and oxygen atoms in total. The predicted octanol–water partition coefficient (Wildman–Crippen LogP) is 5.59. The van der Waals surface area contributed by atoms with E-state index in [-0.39, 0.29) is 5.75 Å². The molecule has 24 heavy (non-hydrogen) atoms. The molecule has 0 atom stereocenters. The van der Waals surface area contributed by atoms with E-state index < -0.39 is 5.82 Å². The van der Waals surface area contributed by atoms with Gasteiger partial charge in [0.2, 0.25) is 0 Å². The molecule has 0 bridgehead atoms. The van der Waals surface area contributed by atoms with E-state index in [9.17, 15) is 9.50 Å². The average Bonchev–Trinajstić information content (AvgIpc) is 2.58. The molecule has 0 saturated heterocycles. The molecule has 2 N–H and O–H groups in total. The van der Waals surface area contributed by atoms with E-state index in [0.717, 1.165) is 5.56 Å². The first-order chi connectivity index (χ1) is 11.6. The fourth-order valence-corrected chi connectivity index (χ4v) is 2.30. The van der Waals surface area contributed by atoms with Crippen LogP contribution in [0.25, 0.3) is 0 Å². The maximum absolute atomic E-state index is 13.3. The highest BCUT2D eigenvalue weighted by molar-refractivity contribution is 6.30. The van der Waals surface area contributed by atoms with Crippen molar-refractivity contribution < 1.29 is 14.2 Å². The van der Waals surface area contributed by atoms with Crippen molar-refractivity contribution in [2.24, 2.45) is 0 Å². The molecule has 0 aliphatic rings. The van der Waals surface area contributed by atoms with Crippen LogP contribution in [0.15, 0.2) is 66.7 Å². The second kappa shape index (κ2) is 7.23. The van der Waals surface area contributed by atoms with Gasteiger partial charge in [-0.25, -0.2) is 4.39 Å². The number of nitrogens with one attached hydrogen (secondary N) is 1. The van der Waals surface area contributed by atoms with Crippen LogP contribution in [0.2, 0.25) is 5.02 Å². The van der Waals surface area contributed by atoms with Gasteiger partial charge in [-0.2, -0.15) is 0 Å². The van der Waals surface area contributed by atoms with Crippen molar-refractivity contribution in [2.45, 2.75) is 6.54 Å². The van der Waals surface area contributed by atoms with Gasteiger partial charge in [-0.05, 0) is 54.1 Å². The van der Waals surface area contributed by atoms with Crippen molar-refractivity contribution in [3.8, 4) is 17.2 Å². The van der Waals surface area contributed by atoms with Gasteiger partial charge in [-0.3, -0.25) is 0 Å². The molecule has 3 rings (SSSR count). The molecule has 0 aliphatic heterocycles. The Morgan fingerprint density at radius 3 is 2.50 bits per heavy atom. The molecule has 3 aromatic carbocycles. The van der Waals surface area contributed by atoms with Crippen LogP contribution < -0.4 is 10.1 Å². The SMILES string of the molecule is Oc1ccc(NCc2cccc(Oc3ccc(Cl)cc3)c2)cc1F. The number of halogens is 2. The lowest BCUT2D eigenvalue weighted by Gasteiger charge is -2.10. The van der Waals surface area contributed by atoms with Gasteiger partial charge in [0.15, 0.2) is 11.6 Å². The molecule has 122 valence electrons. The van der Waals surface area contributed by atoms with Gasteiger partial charge in [0, 0.05) is 23.3 Å². The molecule has 0 unspecified atom stereocenters. The van der Waals surface area contributed by atoms with Gasteiger partial charge in [-0.1, -0.05) is 23.7 Å². The number of rotatable bonds is 5. The number of ether oxygens (including phenoxy) is 1. The third kappa shape index (κ3) is 4.18. The number of benzene rings is 3. The molecule has 0 fully saturated rings. The van der Waals surface area contributed by atoms with Crippen molar-refractivity contribution in [3.05, 3.63) is 83.1 Å². The van der Waals surface area contributed by atoms with Crippen LogP contribution in [0.4, 0.5) is 10.1 Å². The monoisotopic (exact) mass is 343 g/mol. The third-order valence-corrected chi connectivity index (χ3v) is 3.64.